The fourth-order valence-corrected chi connectivity index (χ4v) is 2.37. The van der Waals surface area contributed by atoms with Crippen molar-refractivity contribution in [1.29, 1.82) is 0 Å². The summed E-state index contributed by atoms with van der Waals surface area (Å²) >= 11 is 0. The summed E-state index contributed by atoms with van der Waals surface area (Å²) in [6.07, 6.45) is 1.92. The standard InChI is InChI=1S/C14H19FN2O2/c1-10-4-5-11(7-13(10)15)16-14(19)8-17-6-2-3-12(17)9-18/h4-5,7,12,18H,2-3,6,8-9H2,1H3,(H,16,19)/t12-/m1/s1. The van der Waals surface area contributed by atoms with E-state index in [9.17, 15) is 14.3 Å². The second-order valence-corrected chi connectivity index (χ2v) is 4.96. The van der Waals surface area contributed by atoms with Gasteiger partial charge in [-0.25, -0.2) is 4.39 Å². The summed E-state index contributed by atoms with van der Waals surface area (Å²) in [6.45, 7) is 2.81. The molecular formula is C14H19FN2O2. The molecule has 0 spiro atoms. The number of benzene rings is 1. The Bertz CT molecular complexity index is 465. The van der Waals surface area contributed by atoms with Gasteiger partial charge in [-0.3, -0.25) is 9.69 Å². The molecule has 1 saturated heterocycles. The van der Waals surface area contributed by atoms with E-state index in [0.717, 1.165) is 19.4 Å². The first kappa shape index (κ1) is 14.0. The third-order valence-electron chi connectivity index (χ3n) is 3.51. The van der Waals surface area contributed by atoms with E-state index in [4.69, 9.17) is 0 Å². The van der Waals surface area contributed by atoms with Gasteiger partial charge in [0.1, 0.15) is 5.82 Å². The normalized spacial score (nSPS) is 19.6. The van der Waals surface area contributed by atoms with E-state index in [1.54, 1.807) is 19.1 Å². The lowest BCUT2D eigenvalue weighted by Crippen LogP contribution is -2.38. The van der Waals surface area contributed by atoms with E-state index in [0.29, 0.717) is 11.3 Å². The van der Waals surface area contributed by atoms with Crippen LogP contribution in [-0.2, 0) is 4.79 Å². The van der Waals surface area contributed by atoms with Crippen LogP contribution in [0.25, 0.3) is 0 Å². The predicted molar refractivity (Wildman–Crippen MR) is 71.4 cm³/mol. The van der Waals surface area contributed by atoms with Crippen molar-refractivity contribution in [2.24, 2.45) is 0 Å². The Kier molecular flexibility index (Phi) is 4.50. The predicted octanol–water partition coefficient (Wildman–Crippen LogP) is 1.53. The van der Waals surface area contributed by atoms with Crippen molar-refractivity contribution in [1.82, 2.24) is 4.90 Å². The summed E-state index contributed by atoms with van der Waals surface area (Å²) < 4.78 is 13.4. The first-order chi connectivity index (χ1) is 9.10. The van der Waals surface area contributed by atoms with Gasteiger partial charge in [0.2, 0.25) is 5.91 Å². The molecule has 4 nitrogen and oxygen atoms in total. The largest absolute Gasteiger partial charge is 0.395 e. The zero-order valence-corrected chi connectivity index (χ0v) is 11.0. The zero-order valence-electron chi connectivity index (χ0n) is 11.0. The van der Waals surface area contributed by atoms with Gasteiger partial charge in [0.15, 0.2) is 0 Å². The number of carbonyl (C=O) groups is 1. The number of hydrogen-bond donors (Lipinski definition) is 2. The van der Waals surface area contributed by atoms with E-state index in [2.05, 4.69) is 5.32 Å². The van der Waals surface area contributed by atoms with E-state index in [1.807, 2.05) is 4.90 Å². The highest BCUT2D eigenvalue weighted by molar-refractivity contribution is 5.92. The van der Waals surface area contributed by atoms with E-state index in [1.165, 1.54) is 6.07 Å². The summed E-state index contributed by atoms with van der Waals surface area (Å²) in [4.78, 5) is 13.8. The Morgan fingerprint density at radius 2 is 2.37 bits per heavy atom. The van der Waals surface area contributed by atoms with Gasteiger partial charge >= 0.3 is 0 Å². The number of carbonyl (C=O) groups excluding carboxylic acids is 1. The summed E-state index contributed by atoms with van der Waals surface area (Å²) in [5.41, 5.74) is 1.02. The van der Waals surface area contributed by atoms with Crippen LogP contribution in [0.3, 0.4) is 0 Å². The Labute approximate surface area is 112 Å². The van der Waals surface area contributed by atoms with Gasteiger partial charge in [-0.15, -0.1) is 0 Å². The Balaban J connectivity index is 1.92. The molecule has 0 saturated carbocycles. The molecule has 0 aliphatic carbocycles. The average molecular weight is 266 g/mol. The lowest BCUT2D eigenvalue weighted by Gasteiger charge is -2.21. The fraction of sp³-hybridized carbons (Fsp3) is 0.500. The zero-order chi connectivity index (χ0) is 13.8. The van der Waals surface area contributed by atoms with Crippen LogP contribution in [0.1, 0.15) is 18.4 Å². The van der Waals surface area contributed by atoms with Gasteiger partial charge in [0.25, 0.3) is 0 Å². The van der Waals surface area contributed by atoms with Crippen molar-refractivity contribution in [2.75, 3.05) is 25.0 Å². The summed E-state index contributed by atoms with van der Waals surface area (Å²) in [7, 11) is 0. The lowest BCUT2D eigenvalue weighted by molar-refractivity contribution is -0.117. The van der Waals surface area contributed by atoms with Crippen molar-refractivity contribution >= 4 is 11.6 Å². The number of amides is 1. The van der Waals surface area contributed by atoms with Gasteiger partial charge in [0.05, 0.1) is 13.2 Å². The number of aryl methyl sites for hydroxylation is 1. The van der Waals surface area contributed by atoms with E-state index < -0.39 is 0 Å². The highest BCUT2D eigenvalue weighted by Gasteiger charge is 2.25. The molecule has 0 radical (unpaired) electrons. The number of hydrogen-bond acceptors (Lipinski definition) is 3. The maximum Gasteiger partial charge on any atom is 0.238 e. The SMILES string of the molecule is Cc1ccc(NC(=O)CN2CCC[C@@H]2CO)cc1F. The van der Waals surface area contributed by atoms with Crippen LogP contribution in [0, 0.1) is 12.7 Å². The van der Waals surface area contributed by atoms with Gasteiger partial charge in [-0.1, -0.05) is 6.07 Å². The second-order valence-electron chi connectivity index (χ2n) is 4.96. The van der Waals surface area contributed by atoms with Crippen LogP contribution >= 0.6 is 0 Å². The molecule has 1 aliphatic heterocycles. The third kappa shape index (κ3) is 3.52. The minimum absolute atomic E-state index is 0.0699. The number of rotatable bonds is 4. The molecular weight excluding hydrogens is 247 g/mol. The molecule has 1 atom stereocenters. The fourth-order valence-electron chi connectivity index (χ4n) is 2.37. The number of halogens is 1. The first-order valence-corrected chi connectivity index (χ1v) is 6.51. The molecule has 19 heavy (non-hydrogen) atoms. The number of likely N-dealkylation sites (tertiary alicyclic amines) is 1. The Morgan fingerprint density at radius 1 is 1.58 bits per heavy atom. The van der Waals surface area contributed by atoms with Crippen molar-refractivity contribution in [3.63, 3.8) is 0 Å². The number of aliphatic hydroxyl groups excluding tert-OH is 1. The minimum atomic E-state index is -0.327. The monoisotopic (exact) mass is 266 g/mol. The highest BCUT2D eigenvalue weighted by atomic mass is 19.1. The number of nitrogens with one attached hydrogen (secondary N) is 1. The van der Waals surface area contributed by atoms with Crippen LogP contribution in [0.5, 0.6) is 0 Å². The Hall–Kier alpha value is -1.46. The molecule has 1 aromatic carbocycles. The van der Waals surface area contributed by atoms with Crippen LogP contribution < -0.4 is 5.32 Å². The molecule has 0 bridgehead atoms. The summed E-state index contributed by atoms with van der Waals surface area (Å²) in [5.74, 6) is -0.504. The summed E-state index contributed by atoms with van der Waals surface area (Å²) in [6, 6.07) is 4.71. The van der Waals surface area contributed by atoms with Crippen molar-refractivity contribution < 1.29 is 14.3 Å². The molecule has 5 heteroatoms. The van der Waals surface area contributed by atoms with Gasteiger partial charge in [-0.05, 0) is 44.0 Å². The summed E-state index contributed by atoms with van der Waals surface area (Å²) in [5, 5.41) is 11.9. The quantitative estimate of drug-likeness (QED) is 0.869. The molecule has 1 aliphatic rings. The number of aliphatic hydroxyl groups is 1. The molecule has 1 fully saturated rings. The number of nitrogens with zero attached hydrogens (tertiary/aromatic N) is 1. The topological polar surface area (TPSA) is 52.6 Å². The molecule has 1 heterocycles. The molecule has 2 N–H and O–H groups in total. The number of anilines is 1. The highest BCUT2D eigenvalue weighted by Crippen LogP contribution is 2.17. The molecule has 1 amide bonds. The molecule has 2 rings (SSSR count). The average Bonchev–Trinajstić information content (AvgIpc) is 2.81. The van der Waals surface area contributed by atoms with E-state index >= 15 is 0 Å². The van der Waals surface area contributed by atoms with Crippen LogP contribution in [0.2, 0.25) is 0 Å². The maximum absolute atomic E-state index is 13.4. The molecule has 0 aromatic heterocycles. The van der Waals surface area contributed by atoms with E-state index in [-0.39, 0.29) is 30.9 Å². The third-order valence-corrected chi connectivity index (χ3v) is 3.51. The van der Waals surface area contributed by atoms with Gasteiger partial charge in [0, 0.05) is 11.7 Å². The smallest absolute Gasteiger partial charge is 0.238 e. The lowest BCUT2D eigenvalue weighted by atomic mass is 10.2. The molecule has 104 valence electrons. The maximum atomic E-state index is 13.4. The van der Waals surface area contributed by atoms with Crippen LogP contribution in [0.15, 0.2) is 18.2 Å². The second kappa shape index (κ2) is 6.12. The van der Waals surface area contributed by atoms with Crippen molar-refractivity contribution in [2.45, 2.75) is 25.8 Å². The molecule has 0 unspecified atom stereocenters. The van der Waals surface area contributed by atoms with Crippen molar-refractivity contribution in [3.05, 3.63) is 29.6 Å². The van der Waals surface area contributed by atoms with Gasteiger partial charge < -0.3 is 10.4 Å². The van der Waals surface area contributed by atoms with Gasteiger partial charge in [-0.2, -0.15) is 0 Å². The first-order valence-electron chi connectivity index (χ1n) is 6.51. The van der Waals surface area contributed by atoms with Crippen LogP contribution in [0.4, 0.5) is 10.1 Å². The Morgan fingerprint density at radius 3 is 3.05 bits per heavy atom. The minimum Gasteiger partial charge on any atom is -0.395 e. The van der Waals surface area contributed by atoms with Crippen LogP contribution in [-0.4, -0.2) is 41.7 Å². The molecule has 1 aromatic rings. The van der Waals surface area contributed by atoms with Crippen molar-refractivity contribution in [3.8, 4) is 0 Å².